The second kappa shape index (κ2) is 7.97. The molecule has 1 aromatic carbocycles. The Morgan fingerprint density at radius 1 is 1.14 bits per heavy atom. The number of carbonyl (C=O) groups is 2. The van der Waals surface area contributed by atoms with Gasteiger partial charge in [-0.15, -0.1) is 0 Å². The van der Waals surface area contributed by atoms with Crippen LogP contribution in [0.2, 0.25) is 0 Å². The van der Waals surface area contributed by atoms with Crippen molar-refractivity contribution in [1.82, 2.24) is 14.8 Å². The molecular weight excluding hydrogens is 364 g/mol. The normalized spacial score (nSPS) is 14.0. The number of hydrogen-bond acceptors (Lipinski definition) is 7. The van der Waals surface area contributed by atoms with Gasteiger partial charge >= 0.3 is 0 Å². The van der Waals surface area contributed by atoms with Crippen molar-refractivity contribution in [2.75, 3.05) is 20.2 Å². The molecule has 2 aromatic rings. The quantitative estimate of drug-likeness (QED) is 0.434. The molecule has 1 aliphatic heterocycles. The minimum Gasteiger partial charge on any atom is -0.395 e. The van der Waals surface area contributed by atoms with Crippen LogP contribution in [0.15, 0.2) is 54.4 Å². The van der Waals surface area contributed by atoms with Crippen molar-refractivity contribution in [3.8, 4) is 0 Å². The van der Waals surface area contributed by atoms with Gasteiger partial charge in [0.05, 0.1) is 29.3 Å². The summed E-state index contributed by atoms with van der Waals surface area (Å²) in [4.78, 5) is 43.1. The number of amides is 2. The second-order valence-corrected chi connectivity index (χ2v) is 6.19. The molecule has 2 amide bonds. The highest BCUT2D eigenvalue weighted by atomic mass is 16.6. The zero-order valence-corrected chi connectivity index (χ0v) is 15.1. The van der Waals surface area contributed by atoms with E-state index in [1.807, 2.05) is 0 Å². The number of pyridine rings is 1. The molecule has 9 heteroatoms. The molecule has 2 heterocycles. The van der Waals surface area contributed by atoms with Gasteiger partial charge in [-0.1, -0.05) is 6.07 Å². The lowest BCUT2D eigenvalue weighted by atomic mass is 10.0. The van der Waals surface area contributed by atoms with Gasteiger partial charge in [-0.05, 0) is 29.8 Å². The molecule has 0 atom stereocenters. The standard InChI is InChI=1S/C19H18N4O5/c1-21(10-11-24)17-16(13-5-7-15(8-6-13)23(27)28)18(25)22(19(17)26)12-14-4-2-3-9-20-14/h2-9,24H,10-12H2,1H3. The first-order chi connectivity index (χ1) is 13.4. The lowest BCUT2D eigenvalue weighted by molar-refractivity contribution is -0.384. The Balaban J connectivity index is 2.02. The fourth-order valence-corrected chi connectivity index (χ4v) is 2.99. The van der Waals surface area contributed by atoms with Crippen LogP contribution in [-0.4, -0.2) is 56.8 Å². The third kappa shape index (κ3) is 3.60. The van der Waals surface area contributed by atoms with E-state index in [4.69, 9.17) is 0 Å². The second-order valence-electron chi connectivity index (χ2n) is 6.19. The lowest BCUT2D eigenvalue weighted by Crippen LogP contribution is -2.34. The van der Waals surface area contributed by atoms with E-state index in [0.29, 0.717) is 11.3 Å². The maximum atomic E-state index is 13.1. The lowest BCUT2D eigenvalue weighted by Gasteiger charge is -2.20. The molecule has 3 rings (SSSR count). The summed E-state index contributed by atoms with van der Waals surface area (Å²) >= 11 is 0. The molecule has 0 aliphatic carbocycles. The summed E-state index contributed by atoms with van der Waals surface area (Å²) in [6, 6.07) is 10.7. The van der Waals surface area contributed by atoms with Crippen LogP contribution in [0.3, 0.4) is 0 Å². The van der Waals surface area contributed by atoms with Crippen molar-refractivity contribution in [1.29, 1.82) is 0 Å². The first-order valence-corrected chi connectivity index (χ1v) is 8.51. The minimum absolute atomic E-state index is 0.00541. The van der Waals surface area contributed by atoms with E-state index in [2.05, 4.69) is 4.98 Å². The van der Waals surface area contributed by atoms with Crippen molar-refractivity contribution in [3.63, 3.8) is 0 Å². The molecule has 0 bridgehead atoms. The van der Waals surface area contributed by atoms with Crippen LogP contribution >= 0.6 is 0 Å². The number of likely N-dealkylation sites (N-methyl/N-ethyl adjacent to an activating group) is 1. The summed E-state index contributed by atoms with van der Waals surface area (Å²) in [7, 11) is 1.60. The highest BCUT2D eigenvalue weighted by Gasteiger charge is 2.40. The number of non-ortho nitro benzene ring substituents is 1. The summed E-state index contributed by atoms with van der Waals surface area (Å²) in [5.74, 6) is -1.01. The van der Waals surface area contributed by atoms with Gasteiger partial charge in [0.1, 0.15) is 5.70 Å². The third-order valence-electron chi connectivity index (χ3n) is 4.37. The monoisotopic (exact) mass is 382 g/mol. The Bertz CT molecular complexity index is 941. The van der Waals surface area contributed by atoms with E-state index < -0.39 is 16.7 Å². The maximum absolute atomic E-state index is 13.1. The van der Waals surface area contributed by atoms with Crippen molar-refractivity contribution in [3.05, 3.63) is 75.7 Å². The van der Waals surface area contributed by atoms with Crippen molar-refractivity contribution in [2.45, 2.75) is 6.54 Å². The van der Waals surface area contributed by atoms with Crippen molar-refractivity contribution < 1.29 is 19.6 Å². The summed E-state index contributed by atoms with van der Waals surface area (Å²) in [6.45, 7) is -0.0387. The van der Waals surface area contributed by atoms with Gasteiger partial charge in [0.2, 0.25) is 0 Å². The molecule has 0 unspecified atom stereocenters. The van der Waals surface area contributed by atoms with Crippen LogP contribution in [-0.2, 0) is 16.1 Å². The summed E-state index contributed by atoms with van der Waals surface area (Å²) in [6.07, 6.45) is 1.57. The van der Waals surface area contributed by atoms with Crippen molar-refractivity contribution in [2.24, 2.45) is 0 Å². The van der Waals surface area contributed by atoms with E-state index in [1.165, 1.54) is 29.2 Å². The van der Waals surface area contributed by atoms with Gasteiger partial charge in [0, 0.05) is 31.9 Å². The molecule has 1 N–H and O–H groups in total. The number of aliphatic hydroxyl groups is 1. The number of nitro benzene ring substituents is 1. The van der Waals surface area contributed by atoms with E-state index in [-0.39, 0.29) is 36.7 Å². The Hall–Kier alpha value is -3.59. The van der Waals surface area contributed by atoms with Gasteiger partial charge < -0.3 is 10.0 Å². The summed E-state index contributed by atoms with van der Waals surface area (Å²) < 4.78 is 0. The molecular formula is C19H18N4O5. The molecule has 28 heavy (non-hydrogen) atoms. The number of nitrogens with zero attached hydrogens (tertiary/aromatic N) is 4. The van der Waals surface area contributed by atoms with Crippen LogP contribution in [0.25, 0.3) is 5.57 Å². The molecule has 1 aliphatic rings. The molecule has 0 spiro atoms. The van der Waals surface area contributed by atoms with Gasteiger partial charge in [0.25, 0.3) is 17.5 Å². The number of rotatable bonds is 7. The van der Waals surface area contributed by atoms with Crippen LogP contribution in [0, 0.1) is 10.1 Å². The van der Waals surface area contributed by atoms with Gasteiger partial charge in [0.15, 0.2) is 0 Å². The first kappa shape index (κ1) is 19.2. The zero-order valence-electron chi connectivity index (χ0n) is 15.1. The van der Waals surface area contributed by atoms with Gasteiger partial charge in [-0.3, -0.25) is 29.6 Å². The van der Waals surface area contributed by atoms with E-state index in [1.54, 1.807) is 31.4 Å². The molecule has 0 saturated heterocycles. The number of carbonyl (C=O) groups excluding carboxylic acids is 2. The summed E-state index contributed by atoms with van der Waals surface area (Å²) in [5.41, 5.74) is 1.12. The van der Waals surface area contributed by atoms with E-state index >= 15 is 0 Å². The van der Waals surface area contributed by atoms with E-state index in [9.17, 15) is 24.8 Å². The number of aliphatic hydroxyl groups excluding tert-OH is 1. The average Bonchev–Trinajstić information content (AvgIpc) is 2.94. The molecule has 0 saturated carbocycles. The first-order valence-electron chi connectivity index (χ1n) is 8.51. The molecule has 0 radical (unpaired) electrons. The Morgan fingerprint density at radius 2 is 1.86 bits per heavy atom. The van der Waals surface area contributed by atoms with Crippen LogP contribution in [0.4, 0.5) is 5.69 Å². The predicted octanol–water partition coefficient (Wildman–Crippen LogP) is 1.19. The van der Waals surface area contributed by atoms with Gasteiger partial charge in [-0.2, -0.15) is 0 Å². The molecule has 9 nitrogen and oxygen atoms in total. The highest BCUT2D eigenvalue weighted by molar-refractivity contribution is 6.35. The number of aromatic nitrogens is 1. The fourth-order valence-electron chi connectivity index (χ4n) is 2.99. The minimum atomic E-state index is -0.536. The van der Waals surface area contributed by atoms with Crippen LogP contribution in [0.5, 0.6) is 0 Å². The van der Waals surface area contributed by atoms with Crippen LogP contribution in [0.1, 0.15) is 11.3 Å². The zero-order chi connectivity index (χ0) is 20.3. The molecule has 0 fully saturated rings. The smallest absolute Gasteiger partial charge is 0.278 e. The number of nitro groups is 1. The Morgan fingerprint density at radius 3 is 2.43 bits per heavy atom. The highest BCUT2D eigenvalue weighted by Crippen LogP contribution is 2.32. The maximum Gasteiger partial charge on any atom is 0.278 e. The number of hydrogen-bond donors (Lipinski definition) is 1. The summed E-state index contributed by atoms with van der Waals surface area (Å²) in [5, 5.41) is 20.1. The SMILES string of the molecule is CN(CCO)C1=C(c2ccc([N+](=O)[O-])cc2)C(=O)N(Cc2ccccn2)C1=O. The number of imide groups is 1. The Labute approximate surface area is 160 Å². The van der Waals surface area contributed by atoms with Crippen LogP contribution < -0.4 is 0 Å². The fraction of sp³-hybridized carbons (Fsp3) is 0.211. The largest absolute Gasteiger partial charge is 0.395 e. The topological polar surface area (TPSA) is 117 Å². The Kier molecular flexibility index (Phi) is 5.46. The third-order valence-corrected chi connectivity index (χ3v) is 4.37. The number of benzene rings is 1. The molecule has 144 valence electrons. The predicted molar refractivity (Wildman–Crippen MR) is 99.5 cm³/mol. The molecule has 1 aromatic heterocycles. The van der Waals surface area contributed by atoms with Crippen molar-refractivity contribution >= 4 is 23.1 Å². The van der Waals surface area contributed by atoms with E-state index in [0.717, 1.165) is 4.90 Å². The average molecular weight is 382 g/mol. The van der Waals surface area contributed by atoms with Gasteiger partial charge in [-0.25, -0.2) is 0 Å².